The van der Waals surface area contributed by atoms with Crippen LogP contribution in [0.4, 0.5) is 5.69 Å². The summed E-state index contributed by atoms with van der Waals surface area (Å²) in [6.45, 7) is 2.23. The Balaban J connectivity index is 2.14. The molecule has 2 N–H and O–H groups in total. The second-order valence-electron chi connectivity index (χ2n) is 5.90. The van der Waals surface area contributed by atoms with Gasteiger partial charge in [-0.2, -0.15) is 0 Å². The fourth-order valence-corrected chi connectivity index (χ4v) is 3.61. The van der Waals surface area contributed by atoms with Crippen molar-refractivity contribution in [3.63, 3.8) is 0 Å². The van der Waals surface area contributed by atoms with Crippen molar-refractivity contribution in [2.24, 2.45) is 11.7 Å². The van der Waals surface area contributed by atoms with Gasteiger partial charge in [0, 0.05) is 11.6 Å². The van der Waals surface area contributed by atoms with Crippen molar-refractivity contribution in [1.82, 2.24) is 0 Å². The van der Waals surface area contributed by atoms with Crippen LogP contribution in [0.2, 0.25) is 0 Å². The first-order valence-corrected chi connectivity index (χ1v) is 7.95. The summed E-state index contributed by atoms with van der Waals surface area (Å²) in [4.78, 5) is 10.6. The van der Waals surface area contributed by atoms with Crippen molar-refractivity contribution in [2.75, 3.05) is 0 Å². The molecule has 1 aromatic carbocycles. The molecule has 0 aliphatic heterocycles. The lowest BCUT2D eigenvalue weighted by molar-refractivity contribution is -0.385. The van der Waals surface area contributed by atoms with Gasteiger partial charge in [0.1, 0.15) is 0 Å². The maximum absolute atomic E-state index is 11.0. The van der Waals surface area contributed by atoms with Gasteiger partial charge in [-0.15, -0.1) is 0 Å². The molecule has 0 amide bonds. The highest BCUT2D eigenvalue weighted by Crippen LogP contribution is 2.37. The Kier molecular flexibility index (Phi) is 4.81. The standard InChI is InChI=1S/C15H21BrN2O2/c1-2-11-6-8-15(17,9-7-11)10-12-4-3-5-13(14(12)16)18(19)20/h3-5,11H,2,6-10,17H2,1H3. The fraction of sp³-hybridized carbons (Fsp3) is 0.600. The molecular weight excluding hydrogens is 320 g/mol. The van der Waals surface area contributed by atoms with Crippen LogP contribution in [0.5, 0.6) is 0 Å². The second kappa shape index (κ2) is 6.22. The molecule has 0 unspecified atom stereocenters. The van der Waals surface area contributed by atoms with Crippen LogP contribution in [0, 0.1) is 16.0 Å². The lowest BCUT2D eigenvalue weighted by Gasteiger charge is -2.37. The van der Waals surface area contributed by atoms with Gasteiger partial charge in [0.15, 0.2) is 0 Å². The Labute approximate surface area is 128 Å². The molecule has 5 heteroatoms. The van der Waals surface area contributed by atoms with Crippen LogP contribution in [-0.2, 0) is 6.42 Å². The number of nitrogens with zero attached hydrogens (tertiary/aromatic N) is 1. The second-order valence-corrected chi connectivity index (χ2v) is 6.69. The molecule has 2 rings (SSSR count). The van der Waals surface area contributed by atoms with Gasteiger partial charge in [-0.1, -0.05) is 25.5 Å². The van der Waals surface area contributed by atoms with E-state index < -0.39 is 0 Å². The Morgan fingerprint density at radius 3 is 2.65 bits per heavy atom. The Hall–Kier alpha value is -0.940. The summed E-state index contributed by atoms with van der Waals surface area (Å²) in [5, 5.41) is 11.0. The zero-order chi connectivity index (χ0) is 14.8. The quantitative estimate of drug-likeness (QED) is 0.659. The largest absolute Gasteiger partial charge is 0.325 e. The SMILES string of the molecule is CCC1CCC(N)(Cc2cccc([N+](=O)[O-])c2Br)CC1. The van der Waals surface area contributed by atoms with Crippen LogP contribution in [0.25, 0.3) is 0 Å². The summed E-state index contributed by atoms with van der Waals surface area (Å²) in [6, 6.07) is 5.18. The highest BCUT2D eigenvalue weighted by molar-refractivity contribution is 9.10. The van der Waals surface area contributed by atoms with Crippen LogP contribution < -0.4 is 5.73 Å². The highest BCUT2D eigenvalue weighted by atomic mass is 79.9. The molecule has 1 aliphatic carbocycles. The van der Waals surface area contributed by atoms with Gasteiger partial charge in [-0.25, -0.2) is 0 Å². The molecule has 1 aromatic rings. The zero-order valence-corrected chi connectivity index (χ0v) is 13.4. The van der Waals surface area contributed by atoms with E-state index in [1.165, 1.54) is 25.3 Å². The lowest BCUT2D eigenvalue weighted by atomic mass is 9.73. The molecule has 0 saturated heterocycles. The van der Waals surface area contributed by atoms with E-state index in [0.717, 1.165) is 24.3 Å². The molecule has 0 atom stereocenters. The number of hydrogen-bond donors (Lipinski definition) is 1. The first-order valence-electron chi connectivity index (χ1n) is 7.16. The molecule has 4 nitrogen and oxygen atoms in total. The average molecular weight is 341 g/mol. The molecule has 1 fully saturated rings. The van der Waals surface area contributed by atoms with Crippen molar-refractivity contribution in [3.8, 4) is 0 Å². The summed E-state index contributed by atoms with van der Waals surface area (Å²) in [5.41, 5.74) is 7.35. The molecular formula is C15H21BrN2O2. The van der Waals surface area contributed by atoms with Crippen molar-refractivity contribution in [3.05, 3.63) is 38.3 Å². The molecule has 0 bridgehead atoms. The molecule has 1 saturated carbocycles. The van der Waals surface area contributed by atoms with E-state index in [0.29, 0.717) is 10.9 Å². The highest BCUT2D eigenvalue weighted by Gasteiger charge is 2.32. The van der Waals surface area contributed by atoms with Crippen molar-refractivity contribution >= 4 is 21.6 Å². The summed E-state index contributed by atoms with van der Waals surface area (Å²) in [5.74, 6) is 0.792. The average Bonchev–Trinajstić information content (AvgIpc) is 2.41. The minimum absolute atomic E-state index is 0.119. The summed E-state index contributed by atoms with van der Waals surface area (Å²) >= 11 is 3.36. The lowest BCUT2D eigenvalue weighted by Crippen LogP contribution is -2.45. The maximum Gasteiger partial charge on any atom is 0.283 e. The molecule has 1 aliphatic rings. The molecule has 0 heterocycles. The van der Waals surface area contributed by atoms with Crippen molar-refractivity contribution in [2.45, 2.75) is 51.0 Å². The Bertz CT molecular complexity index is 497. The molecule has 0 radical (unpaired) electrons. The van der Waals surface area contributed by atoms with E-state index in [1.807, 2.05) is 6.07 Å². The van der Waals surface area contributed by atoms with Crippen LogP contribution in [0.3, 0.4) is 0 Å². The maximum atomic E-state index is 11.0. The van der Waals surface area contributed by atoms with Gasteiger partial charge >= 0.3 is 0 Å². The van der Waals surface area contributed by atoms with Gasteiger partial charge in [-0.05, 0) is 59.5 Å². The first kappa shape index (κ1) is 15.4. The van der Waals surface area contributed by atoms with Gasteiger partial charge in [0.2, 0.25) is 0 Å². The van der Waals surface area contributed by atoms with Crippen LogP contribution in [-0.4, -0.2) is 10.5 Å². The normalized spacial score (nSPS) is 26.4. The smallest absolute Gasteiger partial charge is 0.283 e. The first-order chi connectivity index (χ1) is 9.45. The molecule has 0 aromatic heterocycles. The number of rotatable bonds is 4. The van der Waals surface area contributed by atoms with Gasteiger partial charge < -0.3 is 5.73 Å². The third kappa shape index (κ3) is 3.38. The van der Waals surface area contributed by atoms with E-state index in [2.05, 4.69) is 22.9 Å². The Morgan fingerprint density at radius 1 is 1.45 bits per heavy atom. The number of nitro groups is 1. The van der Waals surface area contributed by atoms with Gasteiger partial charge in [0.05, 0.1) is 9.40 Å². The number of nitro benzene ring substituents is 1. The van der Waals surface area contributed by atoms with Crippen LogP contribution >= 0.6 is 15.9 Å². The summed E-state index contributed by atoms with van der Waals surface area (Å²) in [6.07, 6.45) is 6.25. The number of benzene rings is 1. The molecule has 0 spiro atoms. The minimum atomic E-state index is -0.356. The van der Waals surface area contributed by atoms with Gasteiger partial charge in [0.25, 0.3) is 5.69 Å². The Morgan fingerprint density at radius 2 is 2.10 bits per heavy atom. The monoisotopic (exact) mass is 340 g/mol. The van der Waals surface area contributed by atoms with E-state index in [9.17, 15) is 10.1 Å². The van der Waals surface area contributed by atoms with Crippen LogP contribution in [0.15, 0.2) is 22.7 Å². The third-order valence-corrected chi connectivity index (χ3v) is 5.39. The van der Waals surface area contributed by atoms with Crippen molar-refractivity contribution in [1.29, 1.82) is 0 Å². The van der Waals surface area contributed by atoms with Crippen LogP contribution in [0.1, 0.15) is 44.6 Å². The predicted molar refractivity (Wildman–Crippen MR) is 83.7 cm³/mol. The zero-order valence-electron chi connectivity index (χ0n) is 11.8. The van der Waals surface area contributed by atoms with E-state index in [1.54, 1.807) is 6.07 Å². The van der Waals surface area contributed by atoms with E-state index >= 15 is 0 Å². The summed E-state index contributed by atoms with van der Waals surface area (Å²) in [7, 11) is 0. The summed E-state index contributed by atoms with van der Waals surface area (Å²) < 4.78 is 0.576. The number of halogens is 1. The van der Waals surface area contributed by atoms with E-state index in [4.69, 9.17) is 5.73 Å². The minimum Gasteiger partial charge on any atom is -0.325 e. The topological polar surface area (TPSA) is 69.2 Å². The van der Waals surface area contributed by atoms with Crippen molar-refractivity contribution < 1.29 is 4.92 Å². The van der Waals surface area contributed by atoms with E-state index in [-0.39, 0.29) is 16.1 Å². The third-order valence-electron chi connectivity index (χ3n) is 4.48. The predicted octanol–water partition coefficient (Wildman–Crippen LogP) is 4.20. The molecule has 20 heavy (non-hydrogen) atoms. The fourth-order valence-electron chi connectivity index (χ4n) is 3.06. The van der Waals surface area contributed by atoms with Gasteiger partial charge in [-0.3, -0.25) is 10.1 Å². The number of hydrogen-bond acceptors (Lipinski definition) is 3. The number of nitrogens with two attached hydrogens (primary N) is 1. The molecule has 110 valence electrons.